The van der Waals surface area contributed by atoms with Crippen LogP contribution >= 0.6 is 0 Å². The first-order chi connectivity index (χ1) is 7.72. The second kappa shape index (κ2) is 4.55. The largest absolute Gasteiger partial charge is 0.390 e. The molecular formula is C12H17N3O. The smallest absolute Gasteiger partial charge is 0.0836 e. The van der Waals surface area contributed by atoms with Crippen LogP contribution in [-0.2, 0) is 0 Å². The number of aromatic nitrogens is 1. The van der Waals surface area contributed by atoms with E-state index in [1.54, 1.807) is 0 Å². The summed E-state index contributed by atoms with van der Waals surface area (Å²) in [4.78, 5) is 5.22. The van der Waals surface area contributed by atoms with Crippen molar-refractivity contribution < 1.29 is 5.11 Å². The molecule has 0 fully saturated rings. The number of benzene rings is 1. The van der Waals surface area contributed by atoms with E-state index in [-0.39, 0.29) is 6.54 Å². The van der Waals surface area contributed by atoms with Gasteiger partial charge in [-0.25, -0.2) is 0 Å². The quantitative estimate of drug-likeness (QED) is 0.716. The fourth-order valence-corrected chi connectivity index (χ4v) is 1.86. The maximum absolute atomic E-state index is 9.52. The van der Waals surface area contributed by atoms with Crippen molar-refractivity contribution in [3.8, 4) is 0 Å². The van der Waals surface area contributed by atoms with Crippen molar-refractivity contribution in [2.45, 2.75) is 6.10 Å². The summed E-state index contributed by atoms with van der Waals surface area (Å²) in [7, 11) is 1.95. The standard InChI is InChI=1S/C12H17N3O/c1-15(8-9(16)6-13)12-7-14-11-5-3-2-4-10(11)12/h2-5,7,9,14,16H,6,8,13H2,1H3. The van der Waals surface area contributed by atoms with Crippen LogP contribution in [0.2, 0.25) is 0 Å². The van der Waals surface area contributed by atoms with Crippen LogP contribution in [0, 0.1) is 0 Å². The molecule has 4 N–H and O–H groups in total. The summed E-state index contributed by atoms with van der Waals surface area (Å²) in [5.41, 5.74) is 7.59. The Morgan fingerprint density at radius 3 is 2.94 bits per heavy atom. The summed E-state index contributed by atoms with van der Waals surface area (Å²) in [5.74, 6) is 0. The number of para-hydroxylation sites is 1. The SMILES string of the molecule is CN(CC(O)CN)c1c[nH]c2ccccc12. The second-order valence-corrected chi connectivity index (χ2v) is 3.99. The number of rotatable bonds is 4. The van der Waals surface area contributed by atoms with Gasteiger partial charge in [0.1, 0.15) is 0 Å². The van der Waals surface area contributed by atoms with Crippen molar-refractivity contribution in [3.63, 3.8) is 0 Å². The van der Waals surface area contributed by atoms with Crippen LogP contribution < -0.4 is 10.6 Å². The van der Waals surface area contributed by atoms with Crippen LogP contribution in [0.25, 0.3) is 10.9 Å². The van der Waals surface area contributed by atoms with E-state index < -0.39 is 6.10 Å². The van der Waals surface area contributed by atoms with Crippen molar-refractivity contribution in [2.24, 2.45) is 5.73 Å². The Morgan fingerprint density at radius 1 is 1.44 bits per heavy atom. The van der Waals surface area contributed by atoms with Gasteiger partial charge in [0.15, 0.2) is 0 Å². The van der Waals surface area contributed by atoms with Crippen molar-refractivity contribution >= 4 is 16.6 Å². The van der Waals surface area contributed by atoms with Crippen molar-refractivity contribution in [1.29, 1.82) is 0 Å². The predicted octanol–water partition coefficient (Wildman–Crippen LogP) is 0.924. The minimum absolute atomic E-state index is 0.284. The highest BCUT2D eigenvalue weighted by atomic mass is 16.3. The molecule has 0 saturated carbocycles. The molecule has 86 valence electrons. The molecule has 2 rings (SSSR count). The number of nitrogens with two attached hydrogens (primary N) is 1. The summed E-state index contributed by atoms with van der Waals surface area (Å²) >= 11 is 0. The highest BCUT2D eigenvalue weighted by molar-refractivity contribution is 5.92. The first-order valence-electron chi connectivity index (χ1n) is 5.37. The first-order valence-corrected chi connectivity index (χ1v) is 5.37. The zero-order valence-corrected chi connectivity index (χ0v) is 9.35. The fraction of sp³-hybridized carbons (Fsp3) is 0.333. The van der Waals surface area contributed by atoms with Gasteiger partial charge >= 0.3 is 0 Å². The normalized spacial score (nSPS) is 12.9. The lowest BCUT2D eigenvalue weighted by Crippen LogP contribution is -2.33. The zero-order chi connectivity index (χ0) is 11.5. The van der Waals surface area contributed by atoms with Crippen molar-refractivity contribution in [3.05, 3.63) is 30.5 Å². The van der Waals surface area contributed by atoms with Crippen LogP contribution in [0.15, 0.2) is 30.5 Å². The molecule has 0 spiro atoms. The lowest BCUT2D eigenvalue weighted by Gasteiger charge is -2.21. The molecule has 1 atom stereocenters. The highest BCUT2D eigenvalue weighted by Gasteiger charge is 2.10. The van der Waals surface area contributed by atoms with E-state index >= 15 is 0 Å². The summed E-state index contributed by atoms with van der Waals surface area (Å²) < 4.78 is 0. The van der Waals surface area contributed by atoms with E-state index in [9.17, 15) is 5.11 Å². The maximum Gasteiger partial charge on any atom is 0.0836 e. The Hall–Kier alpha value is -1.52. The molecule has 0 bridgehead atoms. The third-order valence-electron chi connectivity index (χ3n) is 2.74. The van der Waals surface area contributed by atoms with Gasteiger partial charge in [-0.05, 0) is 6.07 Å². The Kier molecular flexibility index (Phi) is 3.12. The Balaban J connectivity index is 2.26. The topological polar surface area (TPSA) is 65.3 Å². The number of aromatic amines is 1. The monoisotopic (exact) mass is 219 g/mol. The number of H-pyrrole nitrogens is 1. The number of hydrogen-bond donors (Lipinski definition) is 3. The van der Waals surface area contributed by atoms with Gasteiger partial charge in [0.2, 0.25) is 0 Å². The fourth-order valence-electron chi connectivity index (χ4n) is 1.86. The number of hydrogen-bond acceptors (Lipinski definition) is 3. The molecule has 0 amide bonds. The van der Waals surface area contributed by atoms with Gasteiger partial charge < -0.3 is 20.7 Å². The van der Waals surface area contributed by atoms with Crippen LogP contribution in [-0.4, -0.2) is 36.3 Å². The zero-order valence-electron chi connectivity index (χ0n) is 9.35. The second-order valence-electron chi connectivity index (χ2n) is 3.99. The molecule has 0 saturated heterocycles. The molecule has 1 unspecified atom stereocenters. The van der Waals surface area contributed by atoms with Crippen LogP contribution in [0.3, 0.4) is 0 Å². The number of aliphatic hydroxyl groups excluding tert-OH is 1. The average molecular weight is 219 g/mol. The van der Waals surface area contributed by atoms with Crippen LogP contribution in [0.5, 0.6) is 0 Å². The van der Waals surface area contributed by atoms with E-state index in [2.05, 4.69) is 11.1 Å². The molecule has 1 aromatic heterocycles. The summed E-state index contributed by atoms with van der Waals surface area (Å²) in [5, 5.41) is 10.7. The minimum Gasteiger partial charge on any atom is -0.390 e. The van der Waals surface area contributed by atoms with E-state index in [0.717, 1.165) is 16.6 Å². The molecule has 1 aromatic carbocycles. The lowest BCUT2D eigenvalue weighted by atomic mass is 10.2. The average Bonchev–Trinajstić information content (AvgIpc) is 2.72. The van der Waals surface area contributed by atoms with Crippen LogP contribution in [0.1, 0.15) is 0 Å². The molecule has 0 aliphatic carbocycles. The molecule has 0 aliphatic heterocycles. The van der Waals surface area contributed by atoms with Gasteiger partial charge in [-0.15, -0.1) is 0 Å². The summed E-state index contributed by atoms with van der Waals surface area (Å²) in [6.45, 7) is 0.824. The number of anilines is 1. The third-order valence-corrected chi connectivity index (χ3v) is 2.74. The lowest BCUT2D eigenvalue weighted by molar-refractivity contribution is 0.189. The number of likely N-dealkylation sites (N-methyl/N-ethyl adjacent to an activating group) is 1. The van der Waals surface area contributed by atoms with Gasteiger partial charge in [0.25, 0.3) is 0 Å². The van der Waals surface area contributed by atoms with Gasteiger partial charge in [-0.2, -0.15) is 0 Å². The predicted molar refractivity (Wildman–Crippen MR) is 66.6 cm³/mol. The summed E-state index contributed by atoms with van der Waals surface area (Å²) in [6, 6.07) is 8.10. The molecule has 4 nitrogen and oxygen atoms in total. The highest BCUT2D eigenvalue weighted by Crippen LogP contribution is 2.25. The maximum atomic E-state index is 9.52. The third kappa shape index (κ3) is 2.03. The van der Waals surface area contributed by atoms with Crippen molar-refractivity contribution in [1.82, 2.24) is 4.98 Å². The number of aliphatic hydroxyl groups is 1. The molecule has 16 heavy (non-hydrogen) atoms. The van der Waals surface area contributed by atoms with E-state index in [1.165, 1.54) is 0 Å². The minimum atomic E-state index is -0.487. The van der Waals surface area contributed by atoms with E-state index in [4.69, 9.17) is 5.73 Å². The Bertz CT molecular complexity index is 466. The molecule has 0 aliphatic rings. The van der Waals surface area contributed by atoms with Gasteiger partial charge in [0.05, 0.1) is 11.8 Å². The van der Waals surface area contributed by atoms with Gasteiger partial charge in [-0.1, -0.05) is 18.2 Å². The van der Waals surface area contributed by atoms with E-state index in [0.29, 0.717) is 6.54 Å². The van der Waals surface area contributed by atoms with Gasteiger partial charge in [-0.3, -0.25) is 0 Å². The summed E-state index contributed by atoms with van der Waals surface area (Å²) in [6.07, 6.45) is 1.46. The van der Waals surface area contributed by atoms with E-state index in [1.807, 2.05) is 36.3 Å². The number of nitrogens with one attached hydrogen (secondary N) is 1. The first kappa shape index (κ1) is 11.0. The molecule has 2 aromatic rings. The number of fused-ring (bicyclic) bond motifs is 1. The molecule has 1 heterocycles. The molecule has 4 heteroatoms. The molecule has 0 radical (unpaired) electrons. The molecular weight excluding hydrogens is 202 g/mol. The van der Waals surface area contributed by atoms with Gasteiger partial charge in [0, 0.05) is 37.2 Å². The number of nitrogens with zero attached hydrogens (tertiary/aromatic N) is 1. The Labute approximate surface area is 94.7 Å². The Morgan fingerprint density at radius 2 is 2.19 bits per heavy atom. The van der Waals surface area contributed by atoms with Crippen molar-refractivity contribution in [2.75, 3.05) is 25.0 Å². The van der Waals surface area contributed by atoms with Crippen LogP contribution in [0.4, 0.5) is 5.69 Å².